The molecule has 0 aliphatic heterocycles. The Kier molecular flexibility index (Phi) is 5.57. The van der Waals surface area contributed by atoms with Crippen LogP contribution < -0.4 is 0 Å². The fourth-order valence-corrected chi connectivity index (χ4v) is 8.81. The third kappa shape index (κ3) is 3.82. The van der Waals surface area contributed by atoms with Crippen molar-refractivity contribution in [1.29, 1.82) is 0 Å². The van der Waals surface area contributed by atoms with Crippen LogP contribution in [0.4, 0.5) is 0 Å². The first-order valence-electron chi connectivity index (χ1n) is 17.2. The van der Waals surface area contributed by atoms with Gasteiger partial charge in [0.05, 0.1) is 0 Å². The second-order valence-electron chi connectivity index (χ2n) is 13.5. The van der Waals surface area contributed by atoms with Gasteiger partial charge in [-0.2, -0.15) is 0 Å². The molecule has 0 saturated carbocycles. The van der Waals surface area contributed by atoms with Gasteiger partial charge in [0.15, 0.2) is 0 Å². The lowest BCUT2D eigenvalue weighted by Crippen LogP contribution is -2.04. The zero-order valence-corrected chi connectivity index (χ0v) is 26.8. The summed E-state index contributed by atoms with van der Waals surface area (Å²) in [7, 11) is 0. The second kappa shape index (κ2) is 10.2. The van der Waals surface area contributed by atoms with Crippen molar-refractivity contribution in [3.05, 3.63) is 168 Å². The van der Waals surface area contributed by atoms with Gasteiger partial charge >= 0.3 is 0 Å². The van der Waals surface area contributed by atoms with Gasteiger partial charge in [0.25, 0.3) is 0 Å². The van der Waals surface area contributed by atoms with Crippen molar-refractivity contribution in [1.82, 2.24) is 0 Å². The van der Waals surface area contributed by atoms with Gasteiger partial charge in [-0.05, 0) is 119 Å². The number of benzene rings is 8. The van der Waals surface area contributed by atoms with Crippen LogP contribution in [-0.4, -0.2) is 0 Å². The van der Waals surface area contributed by atoms with Gasteiger partial charge in [-0.25, -0.2) is 0 Å². The highest BCUT2D eigenvalue weighted by molar-refractivity contribution is 6.25. The van der Waals surface area contributed by atoms with E-state index in [0.717, 1.165) is 29.4 Å². The van der Waals surface area contributed by atoms with Gasteiger partial charge < -0.3 is 4.42 Å². The Morgan fingerprint density at radius 3 is 2.08 bits per heavy atom. The summed E-state index contributed by atoms with van der Waals surface area (Å²) in [5, 5.41) is 10.2. The maximum Gasteiger partial charge on any atom is 0.136 e. The Balaban J connectivity index is 1.28. The average Bonchev–Trinajstić information content (AvgIpc) is 3.55. The van der Waals surface area contributed by atoms with Crippen LogP contribution in [0, 0.1) is 0 Å². The molecule has 0 N–H and O–H groups in total. The second-order valence-corrected chi connectivity index (χ2v) is 13.5. The lowest BCUT2D eigenvalue weighted by Gasteiger charge is -2.25. The molecular weight excluding hydrogens is 593 g/mol. The molecule has 49 heavy (non-hydrogen) atoms. The van der Waals surface area contributed by atoms with Crippen molar-refractivity contribution >= 4 is 65.9 Å². The Morgan fingerprint density at radius 1 is 0.429 bits per heavy atom. The van der Waals surface area contributed by atoms with Gasteiger partial charge in [0.1, 0.15) is 11.2 Å². The van der Waals surface area contributed by atoms with Gasteiger partial charge in [-0.3, -0.25) is 0 Å². The van der Waals surface area contributed by atoms with Crippen molar-refractivity contribution in [3.8, 4) is 33.4 Å². The van der Waals surface area contributed by atoms with E-state index in [1.54, 1.807) is 0 Å². The van der Waals surface area contributed by atoms with E-state index in [2.05, 4.69) is 152 Å². The summed E-state index contributed by atoms with van der Waals surface area (Å²) in [6.07, 6.45) is 9.05. The van der Waals surface area contributed by atoms with E-state index in [1.165, 1.54) is 93.3 Å². The summed E-state index contributed by atoms with van der Waals surface area (Å²) in [6, 6.07) is 51.3. The van der Waals surface area contributed by atoms with Crippen LogP contribution in [-0.2, 0) is 6.42 Å². The molecule has 1 heteroatoms. The molecule has 2 aliphatic carbocycles. The van der Waals surface area contributed by atoms with Crippen molar-refractivity contribution in [2.45, 2.75) is 12.8 Å². The molecule has 1 nitrogen and oxygen atoms in total. The maximum absolute atomic E-state index is 6.32. The lowest BCUT2D eigenvalue weighted by molar-refractivity contribution is 0.669. The number of hydrogen-bond donors (Lipinski definition) is 0. The average molecular weight is 623 g/mol. The van der Waals surface area contributed by atoms with Crippen LogP contribution >= 0.6 is 0 Å². The minimum absolute atomic E-state index is 0.917. The van der Waals surface area contributed by atoms with E-state index in [4.69, 9.17) is 4.42 Å². The van der Waals surface area contributed by atoms with Crippen LogP contribution in [0.5, 0.6) is 0 Å². The van der Waals surface area contributed by atoms with Crippen molar-refractivity contribution < 1.29 is 4.42 Å². The van der Waals surface area contributed by atoms with Crippen LogP contribution in [0.15, 0.2) is 156 Å². The van der Waals surface area contributed by atoms with Gasteiger partial charge in [-0.15, -0.1) is 0 Å². The molecule has 0 amide bonds. The summed E-state index contributed by atoms with van der Waals surface area (Å²) in [5.74, 6) is 0. The first-order chi connectivity index (χ1) is 24.3. The van der Waals surface area contributed by atoms with Crippen molar-refractivity contribution in [2.24, 2.45) is 0 Å². The molecule has 9 aromatic rings. The van der Waals surface area contributed by atoms with E-state index in [-0.39, 0.29) is 0 Å². The Morgan fingerprint density at radius 2 is 1.18 bits per heavy atom. The normalized spacial score (nSPS) is 13.6. The smallest absolute Gasteiger partial charge is 0.136 e. The summed E-state index contributed by atoms with van der Waals surface area (Å²) >= 11 is 0. The van der Waals surface area contributed by atoms with Crippen LogP contribution in [0.25, 0.3) is 99.3 Å². The molecule has 0 unspecified atom stereocenters. The number of furan rings is 1. The minimum atomic E-state index is 0.917. The standard InChI is InChI=1S/C48H30O/c1-2-10-29(11-3-1)45-35-14-4-5-15-36(35)47(38-26-23-32-21-20-30-12-8-13-31-22-25-37(38)46(32)44(30)31)39-27-24-33(28-41(39)45)34-17-9-19-43-48(34)40-16-6-7-18-42(40)49-43/h1-11,13-20,22-28H,12,21H2. The van der Waals surface area contributed by atoms with E-state index in [0.29, 0.717) is 0 Å². The van der Waals surface area contributed by atoms with Crippen LogP contribution in [0.3, 0.4) is 0 Å². The Hall–Kier alpha value is -6.18. The SMILES string of the molecule is C1=Cc2ccc3c(-c4c5ccccc5c(-c5ccccc5)c5cc(-c6cccc7oc8ccccc8c67)ccc45)ccc4c3c2C(=CC4)C1. The van der Waals surface area contributed by atoms with Gasteiger partial charge in [0.2, 0.25) is 0 Å². The molecule has 1 aromatic heterocycles. The third-order valence-electron chi connectivity index (χ3n) is 10.9. The topological polar surface area (TPSA) is 13.1 Å². The number of allylic oxidation sites excluding steroid dienone is 3. The zero-order valence-electron chi connectivity index (χ0n) is 26.8. The molecule has 0 radical (unpaired) electrons. The molecule has 0 spiro atoms. The number of hydrogen-bond acceptors (Lipinski definition) is 1. The van der Waals surface area contributed by atoms with E-state index >= 15 is 0 Å². The quantitative estimate of drug-likeness (QED) is 0.179. The predicted molar refractivity (Wildman–Crippen MR) is 208 cm³/mol. The first kappa shape index (κ1) is 26.8. The van der Waals surface area contributed by atoms with E-state index < -0.39 is 0 Å². The van der Waals surface area contributed by atoms with Gasteiger partial charge in [0, 0.05) is 10.8 Å². The van der Waals surface area contributed by atoms with E-state index in [1.807, 2.05) is 6.07 Å². The minimum Gasteiger partial charge on any atom is -0.456 e. The van der Waals surface area contributed by atoms with Gasteiger partial charge in [-0.1, -0.05) is 140 Å². The summed E-state index contributed by atoms with van der Waals surface area (Å²) in [6.45, 7) is 0. The monoisotopic (exact) mass is 622 g/mol. The molecular formula is C48H30O. The molecule has 8 aromatic carbocycles. The summed E-state index contributed by atoms with van der Waals surface area (Å²) in [4.78, 5) is 0. The highest BCUT2D eigenvalue weighted by Gasteiger charge is 2.24. The Labute approximate surface area is 284 Å². The van der Waals surface area contributed by atoms with Crippen molar-refractivity contribution in [2.75, 3.05) is 0 Å². The maximum atomic E-state index is 6.32. The molecule has 0 bridgehead atoms. The molecule has 0 atom stereocenters. The highest BCUT2D eigenvalue weighted by Crippen LogP contribution is 2.49. The molecule has 0 saturated heterocycles. The number of rotatable bonds is 3. The molecule has 0 fully saturated rings. The molecule has 228 valence electrons. The van der Waals surface area contributed by atoms with Crippen molar-refractivity contribution in [3.63, 3.8) is 0 Å². The fraction of sp³-hybridized carbons (Fsp3) is 0.0417. The fourth-order valence-electron chi connectivity index (χ4n) is 8.81. The first-order valence-corrected chi connectivity index (χ1v) is 17.2. The third-order valence-corrected chi connectivity index (χ3v) is 10.9. The molecule has 11 rings (SSSR count). The number of fused-ring (bicyclic) bond motifs is 5. The highest BCUT2D eigenvalue weighted by atomic mass is 16.3. The molecule has 2 aliphatic rings. The largest absolute Gasteiger partial charge is 0.456 e. The zero-order chi connectivity index (χ0) is 32.1. The lowest BCUT2D eigenvalue weighted by atomic mass is 9.78. The summed E-state index contributed by atoms with van der Waals surface area (Å²) < 4.78 is 6.32. The Bertz CT molecular complexity index is 2920. The number of para-hydroxylation sites is 1. The summed E-state index contributed by atoms with van der Waals surface area (Å²) in [5.41, 5.74) is 15.0. The van der Waals surface area contributed by atoms with E-state index in [9.17, 15) is 0 Å². The predicted octanol–water partition coefficient (Wildman–Crippen LogP) is 13.4. The van der Waals surface area contributed by atoms with Crippen LogP contribution in [0.1, 0.15) is 23.1 Å². The van der Waals surface area contributed by atoms with Crippen LogP contribution in [0.2, 0.25) is 0 Å². The molecule has 1 heterocycles.